The van der Waals surface area contributed by atoms with Gasteiger partial charge in [-0.05, 0) is 105 Å². The fraction of sp³-hybridized carbons (Fsp3) is 0.793. The molecule has 0 bridgehead atoms. The number of hydrogen-bond acceptors (Lipinski definition) is 3. The topological polar surface area (TPSA) is 49.7 Å². The maximum Gasteiger partial charge on any atom is 0.105 e. The van der Waals surface area contributed by atoms with Gasteiger partial charge < -0.3 is 5.11 Å². The fourth-order valence-electron chi connectivity index (χ4n) is 7.28. The van der Waals surface area contributed by atoms with Gasteiger partial charge in [-0.3, -0.25) is 0 Å². The molecule has 33 heavy (non-hydrogen) atoms. The summed E-state index contributed by atoms with van der Waals surface area (Å²) in [5.74, 6) is 2.04. The molecule has 3 aliphatic rings. The van der Waals surface area contributed by atoms with Gasteiger partial charge in [0, 0.05) is 0 Å². The molecule has 4 heteroatoms. The molecule has 186 valence electrons. The van der Waals surface area contributed by atoms with Crippen molar-refractivity contribution in [3.63, 3.8) is 0 Å². The highest BCUT2D eigenvalue weighted by atomic mass is 19.1. The maximum atomic E-state index is 14.0. The number of hydrogen-bond donors (Lipinski definition) is 1. The first-order chi connectivity index (χ1) is 15.5. The van der Waals surface area contributed by atoms with Gasteiger partial charge in [-0.15, -0.1) is 0 Å². The smallest absolute Gasteiger partial charge is 0.105 e. The molecule has 6 atom stereocenters. The summed E-state index contributed by atoms with van der Waals surface area (Å²) in [6, 6.07) is 0. The van der Waals surface area contributed by atoms with Crippen LogP contribution < -0.4 is 0 Å². The summed E-state index contributed by atoms with van der Waals surface area (Å²) >= 11 is 0. The van der Waals surface area contributed by atoms with Crippen molar-refractivity contribution in [3.05, 3.63) is 40.4 Å². The molecular weight excluding hydrogens is 413 g/mol. The van der Waals surface area contributed by atoms with Gasteiger partial charge in [0.2, 0.25) is 0 Å². The molecule has 0 amide bonds. The second-order valence-corrected chi connectivity index (χ2v) is 12.1. The van der Waals surface area contributed by atoms with Crippen molar-refractivity contribution in [2.24, 2.45) is 34.3 Å². The number of nitroso groups, excluding NO2 is 1. The van der Waals surface area contributed by atoms with Gasteiger partial charge in [0.25, 0.3) is 0 Å². The Morgan fingerprint density at radius 2 is 2.06 bits per heavy atom. The molecule has 6 unspecified atom stereocenters. The number of fused-ring (bicyclic) bond motifs is 1. The molecule has 0 saturated heterocycles. The van der Waals surface area contributed by atoms with Crippen molar-refractivity contribution < 1.29 is 9.50 Å². The first-order valence-corrected chi connectivity index (χ1v) is 13.3. The first-order valence-electron chi connectivity index (χ1n) is 13.3. The van der Waals surface area contributed by atoms with Crippen LogP contribution in [0.3, 0.4) is 0 Å². The van der Waals surface area contributed by atoms with E-state index in [1.165, 1.54) is 32.1 Å². The Morgan fingerprint density at radius 3 is 2.76 bits per heavy atom. The number of aliphatic hydroxyl groups is 1. The highest BCUT2D eigenvalue weighted by molar-refractivity contribution is 5.38. The number of aliphatic hydroxyl groups excluding tert-OH is 1. The van der Waals surface area contributed by atoms with E-state index in [2.05, 4.69) is 37.8 Å². The lowest BCUT2D eigenvalue weighted by Gasteiger charge is -2.54. The minimum Gasteiger partial charge on any atom is -0.388 e. The van der Waals surface area contributed by atoms with Gasteiger partial charge in [0.05, 0.1) is 12.6 Å². The fourth-order valence-corrected chi connectivity index (χ4v) is 7.28. The normalized spacial score (nSPS) is 36.6. The molecule has 3 saturated carbocycles. The molecule has 0 aliphatic heterocycles. The minimum absolute atomic E-state index is 0.110. The van der Waals surface area contributed by atoms with Gasteiger partial charge in [0.15, 0.2) is 0 Å². The molecule has 3 fully saturated rings. The molecule has 0 spiro atoms. The van der Waals surface area contributed by atoms with Crippen LogP contribution in [0.15, 0.2) is 40.6 Å². The number of nitrogens with zero attached hydrogens (tertiary/aromatic N) is 1. The van der Waals surface area contributed by atoms with Crippen LogP contribution >= 0.6 is 0 Å². The Balaban J connectivity index is 1.75. The molecule has 3 nitrogen and oxygen atoms in total. The number of allylic oxidation sites excluding steroid dienone is 3. The lowest BCUT2D eigenvalue weighted by atomic mass is 9.51. The van der Waals surface area contributed by atoms with E-state index in [0.717, 1.165) is 36.8 Å². The molecule has 0 radical (unpaired) electrons. The summed E-state index contributed by atoms with van der Waals surface area (Å²) in [4.78, 5) is 10.8. The molecule has 1 N–H and O–H groups in total. The van der Waals surface area contributed by atoms with Crippen LogP contribution in [-0.2, 0) is 0 Å². The Hall–Kier alpha value is -1.29. The first kappa shape index (κ1) is 26.3. The van der Waals surface area contributed by atoms with Gasteiger partial charge in [-0.2, -0.15) is 4.91 Å². The van der Waals surface area contributed by atoms with Gasteiger partial charge in [0.1, 0.15) is 5.67 Å². The van der Waals surface area contributed by atoms with Crippen LogP contribution in [0.1, 0.15) is 98.3 Å². The predicted molar refractivity (Wildman–Crippen MR) is 136 cm³/mol. The van der Waals surface area contributed by atoms with Gasteiger partial charge >= 0.3 is 0 Å². The van der Waals surface area contributed by atoms with Crippen LogP contribution in [0.25, 0.3) is 0 Å². The average molecular weight is 460 g/mol. The Morgan fingerprint density at radius 1 is 1.30 bits per heavy atom. The summed E-state index contributed by atoms with van der Waals surface area (Å²) < 4.78 is 14.0. The van der Waals surface area contributed by atoms with E-state index in [1.807, 2.05) is 0 Å². The SMILES string of the molecule is C=C1/C(=C\C=C2/CCCC3(C)C2CCCC3C(C)CCCC(C)(C)F)CC(CN=O)CC1O. The van der Waals surface area contributed by atoms with Crippen LogP contribution in [-0.4, -0.2) is 23.4 Å². The van der Waals surface area contributed by atoms with Gasteiger partial charge in [-0.1, -0.05) is 62.6 Å². The molecule has 3 rings (SSSR count). The Kier molecular flexibility index (Phi) is 8.75. The van der Waals surface area contributed by atoms with E-state index in [0.29, 0.717) is 36.0 Å². The van der Waals surface area contributed by atoms with Crippen LogP contribution in [0.2, 0.25) is 0 Å². The van der Waals surface area contributed by atoms with Crippen molar-refractivity contribution in [3.8, 4) is 0 Å². The van der Waals surface area contributed by atoms with Crippen molar-refractivity contribution in [1.82, 2.24) is 0 Å². The molecular formula is C29H46FNO2. The lowest BCUT2D eigenvalue weighted by Crippen LogP contribution is -2.44. The molecule has 0 aromatic heterocycles. The highest BCUT2D eigenvalue weighted by Crippen LogP contribution is 2.57. The highest BCUT2D eigenvalue weighted by Gasteiger charge is 2.48. The monoisotopic (exact) mass is 459 g/mol. The van der Waals surface area contributed by atoms with Crippen molar-refractivity contribution in [1.29, 1.82) is 0 Å². The van der Waals surface area contributed by atoms with E-state index in [9.17, 15) is 14.4 Å². The summed E-state index contributed by atoms with van der Waals surface area (Å²) in [7, 11) is 0. The van der Waals surface area contributed by atoms with Crippen LogP contribution in [0.5, 0.6) is 0 Å². The van der Waals surface area contributed by atoms with Crippen molar-refractivity contribution in [2.45, 2.75) is 110 Å². The standard InChI is InChI=1S/C29H46FNO2/c1-20(9-7-15-28(3,4)30)25-11-6-12-26-23(10-8-16-29(25,26)5)13-14-24-17-22(19-31-33)18-27(32)21(24)2/h13-14,20,22,25-27,32H,2,6-12,15-19H2,1,3-5H3/b23-13+,24-14-. The maximum absolute atomic E-state index is 14.0. The third-order valence-electron chi connectivity index (χ3n) is 9.11. The van der Waals surface area contributed by atoms with Crippen LogP contribution in [0, 0.1) is 34.0 Å². The zero-order valence-corrected chi connectivity index (χ0v) is 21.4. The third-order valence-corrected chi connectivity index (χ3v) is 9.11. The third kappa shape index (κ3) is 6.44. The zero-order valence-electron chi connectivity index (χ0n) is 21.4. The predicted octanol–water partition coefficient (Wildman–Crippen LogP) is 8.09. The summed E-state index contributed by atoms with van der Waals surface area (Å²) in [6.45, 7) is 12.7. The Labute approximate surface area is 201 Å². The zero-order chi connectivity index (χ0) is 24.2. The van der Waals surface area contributed by atoms with Gasteiger partial charge in [-0.25, -0.2) is 4.39 Å². The van der Waals surface area contributed by atoms with E-state index in [-0.39, 0.29) is 12.5 Å². The summed E-state index contributed by atoms with van der Waals surface area (Å²) in [6.07, 6.45) is 15.5. The van der Waals surface area contributed by atoms with Crippen LogP contribution in [0.4, 0.5) is 4.39 Å². The second kappa shape index (κ2) is 11.0. The average Bonchev–Trinajstić information content (AvgIpc) is 2.73. The number of rotatable bonds is 8. The van der Waals surface area contributed by atoms with E-state index >= 15 is 0 Å². The minimum atomic E-state index is -1.07. The molecule has 0 aromatic carbocycles. The molecule has 0 aromatic rings. The molecule has 0 heterocycles. The quantitative estimate of drug-likeness (QED) is 0.373. The van der Waals surface area contributed by atoms with E-state index in [4.69, 9.17) is 0 Å². The second-order valence-electron chi connectivity index (χ2n) is 12.1. The lowest BCUT2D eigenvalue weighted by molar-refractivity contribution is -0.00203. The summed E-state index contributed by atoms with van der Waals surface area (Å²) in [5.41, 5.74) is 2.69. The van der Waals surface area contributed by atoms with E-state index in [1.54, 1.807) is 19.4 Å². The largest absolute Gasteiger partial charge is 0.388 e. The summed E-state index contributed by atoms with van der Waals surface area (Å²) in [5, 5.41) is 13.5. The molecule has 3 aliphatic carbocycles. The number of alkyl halides is 1. The van der Waals surface area contributed by atoms with Crippen molar-refractivity contribution >= 4 is 0 Å². The van der Waals surface area contributed by atoms with Crippen molar-refractivity contribution in [2.75, 3.05) is 6.54 Å². The Bertz CT molecular complexity index is 764. The van der Waals surface area contributed by atoms with E-state index < -0.39 is 11.8 Å². The number of halogens is 1.